The average molecular weight is 286 g/mol. The molecule has 1 aromatic carbocycles. The van der Waals surface area contributed by atoms with Crippen LogP contribution in [0.15, 0.2) is 30.3 Å². The molecule has 0 radical (unpaired) electrons. The second kappa shape index (κ2) is 12.0. The molecule has 0 aliphatic rings. The SMILES string of the molecule is N#CCCCCCCCCCCC(=O)Nc1ccccc1. The van der Waals surface area contributed by atoms with E-state index >= 15 is 0 Å². The van der Waals surface area contributed by atoms with Crippen LogP contribution < -0.4 is 5.32 Å². The highest BCUT2D eigenvalue weighted by Crippen LogP contribution is 2.11. The topological polar surface area (TPSA) is 52.9 Å². The number of hydrogen-bond acceptors (Lipinski definition) is 2. The molecule has 1 N–H and O–H groups in total. The summed E-state index contributed by atoms with van der Waals surface area (Å²) < 4.78 is 0. The molecule has 21 heavy (non-hydrogen) atoms. The molecule has 0 atom stereocenters. The molecular formula is C18H26N2O. The van der Waals surface area contributed by atoms with Gasteiger partial charge in [0.2, 0.25) is 5.91 Å². The summed E-state index contributed by atoms with van der Waals surface area (Å²) in [6.07, 6.45) is 10.5. The number of hydrogen-bond donors (Lipinski definition) is 1. The van der Waals surface area contributed by atoms with Gasteiger partial charge >= 0.3 is 0 Å². The summed E-state index contributed by atoms with van der Waals surface area (Å²) >= 11 is 0. The van der Waals surface area contributed by atoms with Crippen LogP contribution in [0.2, 0.25) is 0 Å². The summed E-state index contributed by atoms with van der Waals surface area (Å²) in [5, 5.41) is 11.3. The number of unbranched alkanes of at least 4 members (excludes halogenated alkanes) is 8. The predicted octanol–water partition coefficient (Wildman–Crippen LogP) is 5.05. The number of benzene rings is 1. The molecular weight excluding hydrogens is 260 g/mol. The zero-order valence-corrected chi connectivity index (χ0v) is 12.8. The molecule has 0 bridgehead atoms. The number of carbonyl (C=O) groups is 1. The van der Waals surface area contributed by atoms with E-state index in [1.165, 1.54) is 32.1 Å². The molecule has 0 heterocycles. The summed E-state index contributed by atoms with van der Waals surface area (Å²) in [5.41, 5.74) is 0.875. The van der Waals surface area contributed by atoms with Crippen LogP contribution in [0.1, 0.15) is 64.2 Å². The standard InChI is InChI=1S/C18H26N2O/c19-16-12-7-5-3-1-2-4-6-11-15-18(21)20-17-13-9-8-10-14-17/h8-10,13-14H,1-7,11-12,15H2,(H,20,21). The van der Waals surface area contributed by atoms with E-state index in [0.29, 0.717) is 12.8 Å². The zero-order valence-electron chi connectivity index (χ0n) is 12.8. The van der Waals surface area contributed by atoms with Gasteiger partial charge in [-0.1, -0.05) is 56.7 Å². The second-order valence-corrected chi connectivity index (χ2v) is 5.40. The van der Waals surface area contributed by atoms with E-state index in [4.69, 9.17) is 5.26 Å². The van der Waals surface area contributed by atoms with Crippen LogP contribution in [0.5, 0.6) is 0 Å². The van der Waals surface area contributed by atoms with Crippen LogP contribution in [0, 0.1) is 11.3 Å². The Morgan fingerprint density at radius 3 is 2.10 bits per heavy atom. The zero-order chi connectivity index (χ0) is 15.2. The van der Waals surface area contributed by atoms with Crippen LogP contribution in [0.3, 0.4) is 0 Å². The van der Waals surface area contributed by atoms with Crippen LogP contribution in [0.25, 0.3) is 0 Å². The van der Waals surface area contributed by atoms with Crippen LogP contribution in [-0.4, -0.2) is 5.91 Å². The maximum atomic E-state index is 11.7. The summed E-state index contributed by atoms with van der Waals surface area (Å²) in [5.74, 6) is 0.109. The fraction of sp³-hybridized carbons (Fsp3) is 0.556. The van der Waals surface area contributed by atoms with Gasteiger partial charge in [-0.3, -0.25) is 4.79 Å². The average Bonchev–Trinajstić information content (AvgIpc) is 2.50. The Bertz CT molecular complexity index is 423. The number of nitriles is 1. The summed E-state index contributed by atoms with van der Waals surface area (Å²) in [6.45, 7) is 0. The first kappa shape index (κ1) is 17.2. The van der Waals surface area contributed by atoms with Gasteiger partial charge in [0.25, 0.3) is 0 Å². The van der Waals surface area contributed by atoms with Crippen molar-refractivity contribution >= 4 is 11.6 Å². The van der Waals surface area contributed by atoms with E-state index in [0.717, 1.165) is 24.9 Å². The lowest BCUT2D eigenvalue weighted by Crippen LogP contribution is -2.10. The minimum Gasteiger partial charge on any atom is -0.326 e. The lowest BCUT2D eigenvalue weighted by Gasteiger charge is -2.05. The molecule has 0 aliphatic heterocycles. The van der Waals surface area contributed by atoms with Crippen molar-refractivity contribution < 1.29 is 4.79 Å². The van der Waals surface area contributed by atoms with Crippen LogP contribution >= 0.6 is 0 Å². The second-order valence-electron chi connectivity index (χ2n) is 5.40. The number of amides is 1. The van der Waals surface area contributed by atoms with Gasteiger partial charge in [-0.25, -0.2) is 0 Å². The van der Waals surface area contributed by atoms with E-state index in [-0.39, 0.29) is 5.91 Å². The third kappa shape index (κ3) is 9.67. The minimum absolute atomic E-state index is 0.109. The van der Waals surface area contributed by atoms with Crippen LogP contribution in [0.4, 0.5) is 5.69 Å². The van der Waals surface area contributed by atoms with Crippen molar-refractivity contribution in [2.75, 3.05) is 5.32 Å². The Morgan fingerprint density at radius 1 is 0.905 bits per heavy atom. The molecule has 0 spiro atoms. The first-order valence-electron chi connectivity index (χ1n) is 8.05. The number of para-hydroxylation sites is 1. The van der Waals surface area contributed by atoms with Crippen molar-refractivity contribution in [3.63, 3.8) is 0 Å². The maximum Gasteiger partial charge on any atom is 0.224 e. The number of nitrogens with zero attached hydrogens (tertiary/aromatic N) is 1. The Labute approximate surface area is 128 Å². The maximum absolute atomic E-state index is 11.7. The molecule has 1 aromatic rings. The molecule has 3 nitrogen and oxygen atoms in total. The van der Waals surface area contributed by atoms with Crippen molar-refractivity contribution in [3.8, 4) is 6.07 Å². The molecule has 0 saturated heterocycles. The van der Waals surface area contributed by atoms with Gasteiger partial charge in [0.05, 0.1) is 6.07 Å². The Kier molecular flexibility index (Phi) is 9.82. The van der Waals surface area contributed by atoms with Crippen molar-refractivity contribution in [1.82, 2.24) is 0 Å². The molecule has 0 aromatic heterocycles. The monoisotopic (exact) mass is 286 g/mol. The Balaban J connectivity index is 1.90. The van der Waals surface area contributed by atoms with E-state index < -0.39 is 0 Å². The lowest BCUT2D eigenvalue weighted by atomic mass is 10.1. The molecule has 114 valence electrons. The smallest absolute Gasteiger partial charge is 0.224 e. The normalized spacial score (nSPS) is 10.0. The third-order valence-electron chi connectivity index (χ3n) is 3.50. The molecule has 0 fully saturated rings. The first-order valence-corrected chi connectivity index (χ1v) is 8.05. The number of carbonyl (C=O) groups excluding carboxylic acids is 1. The first-order chi connectivity index (χ1) is 10.3. The van der Waals surface area contributed by atoms with Crippen molar-refractivity contribution in [1.29, 1.82) is 5.26 Å². The van der Waals surface area contributed by atoms with Gasteiger partial charge in [0.1, 0.15) is 0 Å². The number of anilines is 1. The quantitative estimate of drug-likeness (QED) is 0.579. The highest BCUT2D eigenvalue weighted by atomic mass is 16.1. The molecule has 1 amide bonds. The predicted molar refractivity (Wildman–Crippen MR) is 86.9 cm³/mol. The van der Waals surface area contributed by atoms with E-state index in [1.807, 2.05) is 30.3 Å². The molecule has 0 aliphatic carbocycles. The van der Waals surface area contributed by atoms with E-state index in [2.05, 4.69) is 11.4 Å². The highest BCUT2D eigenvalue weighted by Gasteiger charge is 2.01. The van der Waals surface area contributed by atoms with Gasteiger partial charge in [-0.05, 0) is 25.0 Å². The van der Waals surface area contributed by atoms with Gasteiger partial charge in [0.15, 0.2) is 0 Å². The largest absolute Gasteiger partial charge is 0.326 e. The third-order valence-corrected chi connectivity index (χ3v) is 3.50. The minimum atomic E-state index is 0.109. The van der Waals surface area contributed by atoms with Crippen molar-refractivity contribution in [3.05, 3.63) is 30.3 Å². The summed E-state index contributed by atoms with van der Waals surface area (Å²) in [6, 6.07) is 11.8. The Hall–Kier alpha value is -1.82. The van der Waals surface area contributed by atoms with Gasteiger partial charge in [-0.15, -0.1) is 0 Å². The summed E-state index contributed by atoms with van der Waals surface area (Å²) in [7, 11) is 0. The fourth-order valence-corrected chi connectivity index (χ4v) is 2.30. The van der Waals surface area contributed by atoms with Gasteiger partial charge in [0, 0.05) is 18.5 Å². The fourth-order valence-electron chi connectivity index (χ4n) is 2.30. The van der Waals surface area contributed by atoms with Gasteiger partial charge in [-0.2, -0.15) is 5.26 Å². The molecule has 1 rings (SSSR count). The number of rotatable bonds is 11. The van der Waals surface area contributed by atoms with Gasteiger partial charge < -0.3 is 5.32 Å². The van der Waals surface area contributed by atoms with Crippen molar-refractivity contribution in [2.24, 2.45) is 0 Å². The van der Waals surface area contributed by atoms with E-state index in [9.17, 15) is 4.79 Å². The summed E-state index contributed by atoms with van der Waals surface area (Å²) in [4.78, 5) is 11.7. The van der Waals surface area contributed by atoms with Crippen molar-refractivity contribution in [2.45, 2.75) is 64.2 Å². The molecule has 0 unspecified atom stereocenters. The molecule has 0 saturated carbocycles. The highest BCUT2D eigenvalue weighted by molar-refractivity contribution is 5.90. The Morgan fingerprint density at radius 2 is 1.48 bits per heavy atom. The lowest BCUT2D eigenvalue weighted by molar-refractivity contribution is -0.116. The molecule has 3 heteroatoms. The van der Waals surface area contributed by atoms with E-state index in [1.54, 1.807) is 0 Å². The van der Waals surface area contributed by atoms with Crippen LogP contribution in [-0.2, 0) is 4.79 Å². The number of nitrogens with one attached hydrogen (secondary N) is 1.